The molecule has 1 amide bonds. The largest absolute Gasteiger partial charge is 0.347 e. The third kappa shape index (κ3) is 6.11. The van der Waals surface area contributed by atoms with Gasteiger partial charge >= 0.3 is 0 Å². The van der Waals surface area contributed by atoms with Crippen LogP contribution in [-0.4, -0.2) is 39.4 Å². The van der Waals surface area contributed by atoms with Crippen molar-refractivity contribution in [1.29, 1.82) is 0 Å². The highest BCUT2D eigenvalue weighted by Gasteiger charge is 2.26. The average Bonchev–Trinajstić information content (AvgIpc) is 2.38. The smallest absolute Gasteiger partial charge is 0.240 e. The van der Waals surface area contributed by atoms with Crippen molar-refractivity contribution in [2.24, 2.45) is 5.92 Å². The van der Waals surface area contributed by atoms with Gasteiger partial charge in [0.1, 0.15) is 11.9 Å². The van der Waals surface area contributed by atoms with Crippen LogP contribution in [0, 0.1) is 11.7 Å². The Morgan fingerprint density at radius 2 is 1.77 bits per heavy atom. The average molecular weight is 330 g/mol. The van der Waals surface area contributed by atoms with Crippen LogP contribution in [0.1, 0.15) is 25.8 Å². The van der Waals surface area contributed by atoms with Gasteiger partial charge in [0.05, 0.1) is 5.75 Å². The summed E-state index contributed by atoms with van der Waals surface area (Å²) in [6, 6.07) is 4.46. The van der Waals surface area contributed by atoms with Gasteiger partial charge in [0, 0.05) is 14.1 Å². The van der Waals surface area contributed by atoms with Crippen LogP contribution >= 0.6 is 0 Å². The number of likely N-dealkylation sites (N-methyl/N-ethyl adjacent to an activating group) is 1. The first-order valence-corrected chi connectivity index (χ1v) is 8.71. The second kappa shape index (κ2) is 7.69. The maximum Gasteiger partial charge on any atom is 0.240 e. The van der Waals surface area contributed by atoms with Crippen molar-refractivity contribution in [2.75, 3.05) is 14.1 Å². The van der Waals surface area contributed by atoms with E-state index in [0.717, 1.165) is 0 Å². The second-order valence-corrected chi connectivity index (χ2v) is 7.67. The van der Waals surface area contributed by atoms with Crippen LogP contribution in [0.25, 0.3) is 0 Å². The van der Waals surface area contributed by atoms with E-state index in [2.05, 4.69) is 4.72 Å². The molecule has 0 aliphatic heterocycles. The number of carbonyl (C=O) groups excluding carboxylic acids is 1. The SMILES string of the molecule is CC(C)C[C@H](NS(=O)(=O)Cc1ccc(F)cc1)C(=O)N(C)C. The molecular weight excluding hydrogens is 307 g/mol. The first-order chi connectivity index (χ1) is 10.1. The molecule has 0 heterocycles. The summed E-state index contributed by atoms with van der Waals surface area (Å²) >= 11 is 0. The quantitative estimate of drug-likeness (QED) is 0.828. The van der Waals surface area contributed by atoms with Gasteiger partial charge in [0.25, 0.3) is 0 Å². The molecule has 0 spiro atoms. The molecule has 0 aliphatic rings. The lowest BCUT2D eigenvalue weighted by molar-refractivity contribution is -0.130. The second-order valence-electron chi connectivity index (χ2n) is 5.92. The van der Waals surface area contributed by atoms with Crippen molar-refractivity contribution in [1.82, 2.24) is 9.62 Å². The highest BCUT2D eigenvalue weighted by atomic mass is 32.2. The van der Waals surface area contributed by atoms with E-state index in [1.165, 1.54) is 29.2 Å². The van der Waals surface area contributed by atoms with Crippen molar-refractivity contribution < 1.29 is 17.6 Å². The van der Waals surface area contributed by atoms with Crippen LogP contribution in [-0.2, 0) is 20.6 Å². The summed E-state index contributed by atoms with van der Waals surface area (Å²) in [5.74, 6) is -0.823. The van der Waals surface area contributed by atoms with Crippen molar-refractivity contribution in [3.63, 3.8) is 0 Å². The van der Waals surface area contributed by atoms with Gasteiger partial charge in [-0.1, -0.05) is 26.0 Å². The van der Waals surface area contributed by atoms with Gasteiger partial charge in [0.15, 0.2) is 0 Å². The van der Waals surface area contributed by atoms with Crippen LogP contribution in [0.5, 0.6) is 0 Å². The number of carbonyl (C=O) groups is 1. The Hall–Kier alpha value is -1.47. The summed E-state index contributed by atoms with van der Waals surface area (Å²) in [7, 11) is -0.516. The molecule has 1 N–H and O–H groups in total. The Bertz CT molecular complexity index is 598. The number of rotatable bonds is 7. The molecule has 5 nitrogen and oxygen atoms in total. The molecule has 124 valence electrons. The number of sulfonamides is 1. The maximum atomic E-state index is 12.9. The summed E-state index contributed by atoms with van der Waals surface area (Å²) in [4.78, 5) is 13.5. The van der Waals surface area contributed by atoms with Gasteiger partial charge in [-0.15, -0.1) is 0 Å². The molecule has 1 atom stereocenters. The third-order valence-corrected chi connectivity index (χ3v) is 4.39. The number of benzene rings is 1. The van der Waals surface area contributed by atoms with Gasteiger partial charge in [-0.2, -0.15) is 0 Å². The van der Waals surface area contributed by atoms with Crippen molar-refractivity contribution >= 4 is 15.9 Å². The van der Waals surface area contributed by atoms with E-state index in [1.54, 1.807) is 14.1 Å². The highest BCUT2D eigenvalue weighted by molar-refractivity contribution is 7.88. The first-order valence-electron chi connectivity index (χ1n) is 7.06. The normalized spacial score (nSPS) is 13.2. The summed E-state index contributed by atoms with van der Waals surface area (Å²) in [6.07, 6.45) is 0.416. The van der Waals surface area contributed by atoms with Crippen LogP contribution in [0.4, 0.5) is 4.39 Å². The molecule has 0 aliphatic carbocycles. The lowest BCUT2D eigenvalue weighted by Crippen LogP contribution is -2.47. The van der Waals surface area contributed by atoms with E-state index in [9.17, 15) is 17.6 Å². The van der Waals surface area contributed by atoms with Gasteiger partial charge in [-0.25, -0.2) is 17.5 Å². The minimum Gasteiger partial charge on any atom is -0.347 e. The molecular formula is C15H23FN2O3S. The number of nitrogens with one attached hydrogen (secondary N) is 1. The number of hydrogen-bond acceptors (Lipinski definition) is 3. The Labute approximate surface area is 131 Å². The van der Waals surface area contributed by atoms with E-state index < -0.39 is 21.9 Å². The molecule has 0 bridgehead atoms. The van der Waals surface area contributed by atoms with E-state index in [-0.39, 0.29) is 17.6 Å². The predicted octanol–water partition coefficient (Wildman–Crippen LogP) is 1.75. The zero-order chi connectivity index (χ0) is 16.9. The molecule has 0 radical (unpaired) electrons. The molecule has 0 fully saturated rings. The highest BCUT2D eigenvalue weighted by Crippen LogP contribution is 2.11. The molecule has 0 saturated heterocycles. The zero-order valence-electron chi connectivity index (χ0n) is 13.3. The van der Waals surface area contributed by atoms with Crippen LogP contribution in [0.3, 0.4) is 0 Å². The van der Waals surface area contributed by atoms with Crippen molar-refractivity contribution in [2.45, 2.75) is 32.1 Å². The van der Waals surface area contributed by atoms with Gasteiger partial charge in [-0.05, 0) is 30.0 Å². The summed E-state index contributed by atoms with van der Waals surface area (Å²) < 4.78 is 39.8. The Balaban J connectivity index is 2.85. The third-order valence-electron chi connectivity index (χ3n) is 3.04. The number of halogens is 1. The van der Waals surface area contributed by atoms with E-state index >= 15 is 0 Å². The summed E-state index contributed by atoms with van der Waals surface area (Å²) in [5, 5.41) is 0. The minimum atomic E-state index is -3.69. The number of amides is 1. The van der Waals surface area contributed by atoms with Gasteiger partial charge < -0.3 is 4.90 Å². The molecule has 7 heteroatoms. The lowest BCUT2D eigenvalue weighted by atomic mass is 10.0. The van der Waals surface area contributed by atoms with Gasteiger partial charge in [-0.3, -0.25) is 4.79 Å². The minimum absolute atomic E-state index is 0.169. The molecule has 0 saturated carbocycles. The van der Waals surface area contributed by atoms with Crippen molar-refractivity contribution in [3.05, 3.63) is 35.6 Å². The molecule has 1 aromatic rings. The van der Waals surface area contributed by atoms with Crippen LogP contribution in [0.15, 0.2) is 24.3 Å². The summed E-state index contributed by atoms with van der Waals surface area (Å²) in [6.45, 7) is 3.84. The zero-order valence-corrected chi connectivity index (χ0v) is 14.2. The fraction of sp³-hybridized carbons (Fsp3) is 0.533. The fourth-order valence-electron chi connectivity index (χ4n) is 2.04. The Kier molecular flexibility index (Phi) is 6.49. The fourth-order valence-corrected chi connectivity index (χ4v) is 3.39. The monoisotopic (exact) mass is 330 g/mol. The van der Waals surface area contributed by atoms with Crippen molar-refractivity contribution in [3.8, 4) is 0 Å². The lowest BCUT2D eigenvalue weighted by Gasteiger charge is -2.23. The van der Waals surface area contributed by atoms with E-state index in [4.69, 9.17) is 0 Å². The molecule has 1 rings (SSSR count). The van der Waals surface area contributed by atoms with E-state index in [0.29, 0.717) is 12.0 Å². The number of hydrogen-bond donors (Lipinski definition) is 1. The Morgan fingerprint density at radius 3 is 2.23 bits per heavy atom. The molecule has 22 heavy (non-hydrogen) atoms. The predicted molar refractivity (Wildman–Crippen MR) is 84.1 cm³/mol. The molecule has 1 aromatic carbocycles. The maximum absolute atomic E-state index is 12.9. The molecule has 0 aromatic heterocycles. The van der Waals surface area contributed by atoms with Crippen LogP contribution < -0.4 is 4.72 Å². The standard InChI is InChI=1S/C15H23FN2O3S/c1-11(2)9-14(15(19)18(3)4)17-22(20,21)10-12-5-7-13(16)8-6-12/h5-8,11,14,17H,9-10H2,1-4H3/t14-/m0/s1. The number of nitrogens with zero attached hydrogens (tertiary/aromatic N) is 1. The van der Waals surface area contributed by atoms with Crippen LogP contribution in [0.2, 0.25) is 0 Å². The summed E-state index contributed by atoms with van der Waals surface area (Å²) in [5.41, 5.74) is 0.467. The van der Waals surface area contributed by atoms with Gasteiger partial charge in [0.2, 0.25) is 15.9 Å². The topological polar surface area (TPSA) is 66.5 Å². The Morgan fingerprint density at radius 1 is 1.23 bits per heavy atom. The molecule has 0 unspecified atom stereocenters. The first kappa shape index (κ1) is 18.6. The van der Waals surface area contributed by atoms with E-state index in [1.807, 2.05) is 13.8 Å².